The van der Waals surface area contributed by atoms with E-state index in [0.29, 0.717) is 21.5 Å². The predicted molar refractivity (Wildman–Crippen MR) is 91.9 cm³/mol. The van der Waals surface area contributed by atoms with Crippen LogP contribution in [0.4, 0.5) is 0 Å². The fourth-order valence-electron chi connectivity index (χ4n) is 1.70. The van der Waals surface area contributed by atoms with Crippen LogP contribution in [0.15, 0.2) is 22.2 Å². The lowest BCUT2D eigenvalue weighted by atomic mass is 10.1. The topological polar surface area (TPSA) is 71.3 Å². The van der Waals surface area contributed by atoms with Gasteiger partial charge in [-0.2, -0.15) is 5.26 Å². The number of carbonyl (C=O) groups is 1. The Bertz CT molecular complexity index is 697. The third kappa shape index (κ3) is 5.36. The minimum atomic E-state index is -0.430. The lowest BCUT2D eigenvalue weighted by Crippen LogP contribution is -2.30. The number of hydrogen-bond donors (Lipinski definition) is 1. The van der Waals surface area contributed by atoms with E-state index in [1.54, 1.807) is 12.1 Å². The van der Waals surface area contributed by atoms with Crippen LogP contribution in [-0.4, -0.2) is 25.7 Å². The van der Waals surface area contributed by atoms with Crippen molar-refractivity contribution in [1.29, 1.82) is 5.26 Å². The molecule has 1 N–H and O–H groups in total. The van der Waals surface area contributed by atoms with Gasteiger partial charge in [0.1, 0.15) is 18.2 Å². The molecule has 0 unspecified atom stereocenters. The lowest BCUT2D eigenvalue weighted by molar-refractivity contribution is -0.117. The van der Waals surface area contributed by atoms with Gasteiger partial charge in [-0.3, -0.25) is 4.79 Å². The summed E-state index contributed by atoms with van der Waals surface area (Å²) < 4.78 is 11.3. The van der Waals surface area contributed by atoms with E-state index in [1.807, 2.05) is 19.9 Å². The summed E-state index contributed by atoms with van der Waals surface area (Å²) in [5.74, 6) is 2.87. The molecule has 0 spiro atoms. The van der Waals surface area contributed by atoms with Crippen LogP contribution in [0.5, 0.6) is 11.5 Å². The van der Waals surface area contributed by atoms with Gasteiger partial charge in [0.25, 0.3) is 5.91 Å². The largest absolute Gasteiger partial charge is 0.493 e. The van der Waals surface area contributed by atoms with Crippen molar-refractivity contribution < 1.29 is 14.3 Å². The monoisotopic (exact) mass is 376 g/mol. The second kappa shape index (κ2) is 8.87. The van der Waals surface area contributed by atoms with Crippen molar-refractivity contribution in [1.82, 2.24) is 5.32 Å². The highest BCUT2D eigenvalue weighted by Gasteiger charge is 2.13. The zero-order valence-electron chi connectivity index (χ0n) is 13.1. The Labute approximate surface area is 144 Å². The van der Waals surface area contributed by atoms with Gasteiger partial charge in [-0.15, -0.1) is 6.42 Å². The van der Waals surface area contributed by atoms with Crippen LogP contribution in [0.25, 0.3) is 6.08 Å². The smallest absolute Gasteiger partial charge is 0.262 e. The molecule has 0 bridgehead atoms. The second-order valence-electron chi connectivity index (χ2n) is 4.82. The van der Waals surface area contributed by atoms with Gasteiger partial charge in [0, 0.05) is 10.5 Å². The zero-order chi connectivity index (χ0) is 17.4. The number of amides is 1. The van der Waals surface area contributed by atoms with Crippen molar-refractivity contribution in [2.24, 2.45) is 0 Å². The van der Waals surface area contributed by atoms with Crippen LogP contribution < -0.4 is 14.8 Å². The first kappa shape index (κ1) is 18.6. The molecule has 120 valence electrons. The molecule has 1 aromatic rings. The van der Waals surface area contributed by atoms with E-state index in [9.17, 15) is 10.1 Å². The van der Waals surface area contributed by atoms with Gasteiger partial charge in [0.15, 0.2) is 11.5 Å². The highest BCUT2D eigenvalue weighted by atomic mass is 79.9. The molecular formula is C17H17BrN2O3. The second-order valence-corrected chi connectivity index (χ2v) is 5.67. The molecule has 0 fully saturated rings. The van der Waals surface area contributed by atoms with E-state index in [1.165, 1.54) is 13.2 Å². The van der Waals surface area contributed by atoms with Crippen LogP contribution in [0.1, 0.15) is 19.4 Å². The Kier molecular flexibility index (Phi) is 7.18. The maximum absolute atomic E-state index is 12.0. The first-order valence-corrected chi connectivity index (χ1v) is 7.58. The summed E-state index contributed by atoms with van der Waals surface area (Å²) in [7, 11) is 1.50. The van der Waals surface area contributed by atoms with E-state index in [2.05, 4.69) is 27.2 Å². The molecule has 0 saturated carbocycles. The van der Waals surface area contributed by atoms with E-state index in [4.69, 9.17) is 15.9 Å². The number of halogens is 1. The van der Waals surface area contributed by atoms with Crippen LogP contribution in [0.2, 0.25) is 0 Å². The molecule has 0 saturated heterocycles. The van der Waals surface area contributed by atoms with Crippen molar-refractivity contribution in [2.45, 2.75) is 19.9 Å². The Morgan fingerprint density at radius 3 is 2.70 bits per heavy atom. The van der Waals surface area contributed by atoms with E-state index >= 15 is 0 Å². The number of nitrogens with one attached hydrogen (secondary N) is 1. The maximum atomic E-state index is 12.0. The molecule has 0 aliphatic carbocycles. The molecule has 6 heteroatoms. The molecule has 5 nitrogen and oxygen atoms in total. The van der Waals surface area contributed by atoms with Gasteiger partial charge in [0.05, 0.1) is 7.11 Å². The summed E-state index contributed by atoms with van der Waals surface area (Å²) in [5.41, 5.74) is 0.615. The number of rotatable bonds is 6. The number of terminal acetylenes is 1. The minimum Gasteiger partial charge on any atom is -0.493 e. The molecule has 0 aliphatic heterocycles. The first-order chi connectivity index (χ1) is 10.9. The van der Waals surface area contributed by atoms with Gasteiger partial charge in [0.2, 0.25) is 0 Å². The molecule has 1 aromatic carbocycles. The molecule has 0 aromatic heterocycles. The molecule has 1 amide bonds. The number of ether oxygens (including phenoxy) is 2. The zero-order valence-corrected chi connectivity index (χ0v) is 14.7. The van der Waals surface area contributed by atoms with Crippen LogP contribution in [0.3, 0.4) is 0 Å². The Hall–Kier alpha value is -2.44. The Balaban J connectivity index is 3.22. The molecule has 0 heterocycles. The summed E-state index contributed by atoms with van der Waals surface area (Å²) in [6, 6.07) is 5.18. The van der Waals surface area contributed by atoms with Crippen molar-refractivity contribution in [3.05, 3.63) is 27.7 Å². The number of nitriles is 1. The number of nitrogens with zero attached hydrogens (tertiary/aromatic N) is 1. The molecule has 23 heavy (non-hydrogen) atoms. The van der Waals surface area contributed by atoms with Crippen LogP contribution in [-0.2, 0) is 4.79 Å². The average molecular weight is 377 g/mol. The summed E-state index contributed by atoms with van der Waals surface area (Å²) in [6.45, 7) is 3.76. The minimum absolute atomic E-state index is 0.00116. The summed E-state index contributed by atoms with van der Waals surface area (Å²) in [6.07, 6.45) is 6.66. The number of hydrogen-bond acceptors (Lipinski definition) is 4. The lowest BCUT2D eigenvalue weighted by Gasteiger charge is -2.12. The standard InChI is InChI=1S/C17H17BrN2O3/c1-5-6-23-16-9-14(18)12(8-15(16)22-4)7-13(10-19)17(21)20-11(2)3/h1,7-9,11H,6H2,2-4H3,(H,20,21)/b13-7-. The number of carbonyl (C=O) groups excluding carboxylic acids is 1. The normalized spacial score (nSPS) is 10.7. The summed E-state index contributed by atoms with van der Waals surface area (Å²) in [5, 5.41) is 11.9. The Morgan fingerprint density at radius 2 is 2.17 bits per heavy atom. The quantitative estimate of drug-likeness (QED) is 0.470. The molecule has 0 radical (unpaired) electrons. The third-order valence-electron chi connectivity index (χ3n) is 2.68. The van der Waals surface area contributed by atoms with Crippen LogP contribution in [0, 0.1) is 23.7 Å². The SMILES string of the molecule is C#CCOc1cc(Br)c(/C=C(/C#N)C(=O)NC(C)C)cc1OC. The molecule has 0 atom stereocenters. The van der Waals surface area contributed by atoms with Gasteiger partial charge < -0.3 is 14.8 Å². The summed E-state index contributed by atoms with van der Waals surface area (Å²) >= 11 is 3.39. The highest BCUT2D eigenvalue weighted by molar-refractivity contribution is 9.10. The van der Waals surface area contributed by atoms with Crippen molar-refractivity contribution in [3.8, 4) is 29.9 Å². The van der Waals surface area contributed by atoms with Gasteiger partial charge >= 0.3 is 0 Å². The van der Waals surface area contributed by atoms with Crippen molar-refractivity contribution in [3.63, 3.8) is 0 Å². The number of benzene rings is 1. The fourth-order valence-corrected chi connectivity index (χ4v) is 2.13. The van der Waals surface area contributed by atoms with Gasteiger partial charge in [-0.1, -0.05) is 21.9 Å². The summed E-state index contributed by atoms with van der Waals surface area (Å²) in [4.78, 5) is 12.0. The number of methoxy groups -OCH3 is 1. The van der Waals surface area contributed by atoms with Crippen molar-refractivity contribution >= 4 is 27.9 Å². The Morgan fingerprint density at radius 1 is 1.48 bits per heavy atom. The van der Waals surface area contributed by atoms with E-state index in [0.717, 1.165) is 0 Å². The average Bonchev–Trinajstić information content (AvgIpc) is 2.50. The van der Waals surface area contributed by atoms with Gasteiger partial charge in [-0.25, -0.2) is 0 Å². The molecular weight excluding hydrogens is 360 g/mol. The fraction of sp³-hybridized carbons (Fsp3) is 0.294. The van der Waals surface area contributed by atoms with Crippen LogP contribution >= 0.6 is 15.9 Å². The highest BCUT2D eigenvalue weighted by Crippen LogP contribution is 2.34. The maximum Gasteiger partial charge on any atom is 0.262 e. The molecule has 1 rings (SSSR count). The van der Waals surface area contributed by atoms with Gasteiger partial charge in [-0.05, 0) is 37.6 Å². The predicted octanol–water partition coefficient (Wildman–Crippen LogP) is 2.90. The molecule has 0 aliphatic rings. The van der Waals surface area contributed by atoms with E-state index < -0.39 is 5.91 Å². The van der Waals surface area contributed by atoms with Crippen molar-refractivity contribution in [2.75, 3.05) is 13.7 Å². The first-order valence-electron chi connectivity index (χ1n) is 6.79. The third-order valence-corrected chi connectivity index (χ3v) is 3.37. The van der Waals surface area contributed by atoms with E-state index in [-0.39, 0.29) is 18.2 Å².